The third-order valence-corrected chi connectivity index (χ3v) is 2.53. The Bertz CT molecular complexity index is 512. The molecule has 1 nitrogen and oxygen atoms in total. The first-order valence-corrected chi connectivity index (χ1v) is 5.68. The van der Waals surface area contributed by atoms with Crippen molar-refractivity contribution in [1.82, 2.24) is 0 Å². The highest BCUT2D eigenvalue weighted by Crippen LogP contribution is 2.12. The molecule has 2 aromatic carbocycles. The lowest BCUT2D eigenvalue weighted by Crippen LogP contribution is -1.90. The van der Waals surface area contributed by atoms with Gasteiger partial charge in [0.05, 0.1) is 5.69 Å². The van der Waals surface area contributed by atoms with Crippen LogP contribution in [0.5, 0.6) is 0 Å². The van der Waals surface area contributed by atoms with Crippen LogP contribution in [0.4, 0.5) is 5.69 Å². The fourth-order valence-corrected chi connectivity index (χ4v) is 1.66. The van der Waals surface area contributed by atoms with Crippen molar-refractivity contribution in [1.29, 1.82) is 0 Å². The van der Waals surface area contributed by atoms with Gasteiger partial charge in [-0.2, -0.15) is 0 Å². The maximum atomic E-state index is 4.46. The predicted molar refractivity (Wildman–Crippen MR) is 74.0 cm³/mol. The van der Waals surface area contributed by atoms with Crippen LogP contribution < -0.4 is 0 Å². The average Bonchev–Trinajstić information content (AvgIpc) is 2.39. The van der Waals surface area contributed by atoms with E-state index in [1.165, 1.54) is 5.56 Å². The Morgan fingerprint density at radius 1 is 0.941 bits per heavy atom. The smallest absolute Gasteiger partial charge is 0.0629 e. The number of benzene rings is 2. The summed E-state index contributed by atoms with van der Waals surface area (Å²) in [6, 6.07) is 18.2. The molecule has 0 saturated carbocycles. The Kier molecular flexibility index (Phi) is 3.87. The van der Waals surface area contributed by atoms with E-state index in [9.17, 15) is 0 Å². The minimum absolute atomic E-state index is 0.872. The molecule has 0 saturated heterocycles. The van der Waals surface area contributed by atoms with E-state index < -0.39 is 0 Å². The predicted octanol–water partition coefficient (Wildman–Crippen LogP) is 4.17. The van der Waals surface area contributed by atoms with Crippen molar-refractivity contribution >= 4 is 11.9 Å². The first-order valence-electron chi connectivity index (χ1n) is 5.68. The molecule has 0 aliphatic rings. The molecule has 0 aromatic heterocycles. The molecule has 0 heterocycles. The third kappa shape index (κ3) is 3.15. The zero-order valence-electron chi connectivity index (χ0n) is 9.71. The summed E-state index contributed by atoms with van der Waals surface area (Å²) in [5.41, 5.74) is 3.37. The molecular weight excluding hydrogens is 206 g/mol. The lowest BCUT2D eigenvalue weighted by Gasteiger charge is -2.01. The van der Waals surface area contributed by atoms with Gasteiger partial charge in [0.2, 0.25) is 0 Å². The van der Waals surface area contributed by atoms with E-state index in [4.69, 9.17) is 0 Å². The molecule has 0 amide bonds. The normalized spacial score (nSPS) is 10.6. The SMILES string of the molecule is C=CCc1ccccc1C=Nc1ccccc1. The van der Waals surface area contributed by atoms with Crippen LogP contribution in [0.15, 0.2) is 72.2 Å². The lowest BCUT2D eigenvalue weighted by molar-refractivity contribution is 1.27. The number of hydrogen-bond acceptors (Lipinski definition) is 1. The first kappa shape index (κ1) is 11.3. The Labute approximate surface area is 102 Å². The highest BCUT2D eigenvalue weighted by Gasteiger charge is 1.96. The van der Waals surface area contributed by atoms with E-state index >= 15 is 0 Å². The summed E-state index contributed by atoms with van der Waals surface area (Å²) in [6.07, 6.45) is 4.69. The zero-order valence-corrected chi connectivity index (χ0v) is 9.71. The Hall–Kier alpha value is -2.15. The summed E-state index contributed by atoms with van der Waals surface area (Å²) in [7, 11) is 0. The number of allylic oxidation sites excluding steroid dienone is 1. The van der Waals surface area contributed by atoms with Crippen LogP contribution in [-0.4, -0.2) is 6.21 Å². The summed E-state index contributed by atoms with van der Waals surface area (Å²) in [6.45, 7) is 3.77. The van der Waals surface area contributed by atoms with Gasteiger partial charge >= 0.3 is 0 Å². The topological polar surface area (TPSA) is 12.4 Å². The van der Waals surface area contributed by atoms with Crippen LogP contribution >= 0.6 is 0 Å². The standard InChI is InChI=1S/C16H15N/c1-2-8-14-9-6-7-10-15(14)13-17-16-11-4-3-5-12-16/h2-7,9-13H,1,8H2. The van der Waals surface area contributed by atoms with Crippen molar-refractivity contribution in [3.8, 4) is 0 Å². The number of aliphatic imine (C=N–C) groups is 1. The molecular formula is C16H15N. The monoisotopic (exact) mass is 221 g/mol. The molecule has 0 N–H and O–H groups in total. The van der Waals surface area contributed by atoms with Crippen molar-refractivity contribution in [3.05, 3.63) is 78.4 Å². The van der Waals surface area contributed by atoms with E-state index in [-0.39, 0.29) is 0 Å². The molecule has 0 aliphatic heterocycles. The van der Waals surface area contributed by atoms with Gasteiger partial charge in [-0.1, -0.05) is 48.5 Å². The van der Waals surface area contributed by atoms with Crippen molar-refractivity contribution in [2.75, 3.05) is 0 Å². The van der Waals surface area contributed by atoms with Gasteiger partial charge in [0, 0.05) is 6.21 Å². The summed E-state index contributed by atoms with van der Waals surface area (Å²) in [4.78, 5) is 4.46. The summed E-state index contributed by atoms with van der Waals surface area (Å²) < 4.78 is 0. The van der Waals surface area contributed by atoms with Crippen LogP contribution in [0.2, 0.25) is 0 Å². The molecule has 17 heavy (non-hydrogen) atoms. The first-order chi connectivity index (χ1) is 8.40. The maximum absolute atomic E-state index is 4.46. The number of nitrogens with zero attached hydrogens (tertiary/aromatic N) is 1. The zero-order chi connectivity index (χ0) is 11.9. The minimum atomic E-state index is 0.872. The third-order valence-electron chi connectivity index (χ3n) is 2.53. The van der Waals surface area contributed by atoms with Crippen molar-refractivity contribution < 1.29 is 0 Å². The van der Waals surface area contributed by atoms with Gasteiger partial charge in [0.15, 0.2) is 0 Å². The molecule has 0 atom stereocenters. The molecule has 0 fully saturated rings. The number of para-hydroxylation sites is 1. The van der Waals surface area contributed by atoms with Crippen molar-refractivity contribution in [2.24, 2.45) is 4.99 Å². The van der Waals surface area contributed by atoms with Gasteiger partial charge in [0.25, 0.3) is 0 Å². The van der Waals surface area contributed by atoms with Crippen LogP contribution in [0.25, 0.3) is 0 Å². The lowest BCUT2D eigenvalue weighted by atomic mass is 10.1. The highest BCUT2D eigenvalue weighted by molar-refractivity contribution is 5.83. The molecule has 2 aromatic rings. The molecule has 0 unspecified atom stereocenters. The summed E-state index contributed by atoms with van der Waals surface area (Å²) in [5, 5.41) is 0. The average molecular weight is 221 g/mol. The Balaban J connectivity index is 2.24. The molecule has 84 valence electrons. The van der Waals surface area contributed by atoms with E-state index in [0.29, 0.717) is 0 Å². The molecule has 0 bridgehead atoms. The van der Waals surface area contributed by atoms with Crippen molar-refractivity contribution in [3.63, 3.8) is 0 Å². The van der Waals surface area contributed by atoms with Gasteiger partial charge in [-0.25, -0.2) is 0 Å². The second-order valence-corrected chi connectivity index (χ2v) is 3.79. The quantitative estimate of drug-likeness (QED) is 0.543. The second-order valence-electron chi connectivity index (χ2n) is 3.79. The molecule has 2 rings (SSSR count). The minimum Gasteiger partial charge on any atom is -0.256 e. The van der Waals surface area contributed by atoms with E-state index in [1.807, 2.05) is 54.8 Å². The van der Waals surface area contributed by atoms with Gasteiger partial charge in [-0.15, -0.1) is 6.58 Å². The Morgan fingerprint density at radius 3 is 2.41 bits per heavy atom. The van der Waals surface area contributed by atoms with Gasteiger partial charge in [0.1, 0.15) is 0 Å². The fraction of sp³-hybridized carbons (Fsp3) is 0.0625. The highest BCUT2D eigenvalue weighted by atomic mass is 14.7. The number of hydrogen-bond donors (Lipinski definition) is 0. The van der Waals surface area contributed by atoms with E-state index in [0.717, 1.165) is 17.7 Å². The van der Waals surface area contributed by atoms with Crippen LogP contribution in [-0.2, 0) is 6.42 Å². The molecule has 0 radical (unpaired) electrons. The van der Waals surface area contributed by atoms with Gasteiger partial charge in [-0.05, 0) is 29.7 Å². The van der Waals surface area contributed by atoms with Crippen LogP contribution in [0.1, 0.15) is 11.1 Å². The van der Waals surface area contributed by atoms with Crippen LogP contribution in [0, 0.1) is 0 Å². The van der Waals surface area contributed by atoms with Gasteiger partial charge < -0.3 is 0 Å². The summed E-state index contributed by atoms with van der Waals surface area (Å²) in [5.74, 6) is 0. The second kappa shape index (κ2) is 5.80. The summed E-state index contributed by atoms with van der Waals surface area (Å²) >= 11 is 0. The maximum Gasteiger partial charge on any atom is 0.0629 e. The van der Waals surface area contributed by atoms with Crippen molar-refractivity contribution in [2.45, 2.75) is 6.42 Å². The van der Waals surface area contributed by atoms with E-state index in [1.54, 1.807) is 0 Å². The van der Waals surface area contributed by atoms with Gasteiger partial charge in [-0.3, -0.25) is 4.99 Å². The Morgan fingerprint density at radius 2 is 1.65 bits per heavy atom. The molecule has 0 spiro atoms. The van der Waals surface area contributed by atoms with E-state index in [2.05, 4.69) is 23.7 Å². The largest absolute Gasteiger partial charge is 0.256 e. The molecule has 1 heteroatoms. The fourth-order valence-electron chi connectivity index (χ4n) is 1.66. The number of rotatable bonds is 4. The van der Waals surface area contributed by atoms with Crippen LogP contribution in [0.3, 0.4) is 0 Å². The molecule has 0 aliphatic carbocycles.